The molecule has 0 saturated carbocycles. The lowest BCUT2D eigenvalue weighted by Crippen LogP contribution is -2.17. The van der Waals surface area contributed by atoms with Crippen LogP contribution in [-0.2, 0) is 12.2 Å². The van der Waals surface area contributed by atoms with Gasteiger partial charge in [0, 0.05) is 27.5 Å². The molecule has 1 aromatic carbocycles. The standard InChI is InChI=1S/C18H14BrFN2OS2/c19-13-9-11(20)3-4-14(13)21-17(23)16-12-5-8-24-10-15(12)25-18(16)22-6-1-2-7-22/h1-4,6-7,9H,5,8,10H2,(H,21,23). The molecule has 2 aromatic heterocycles. The zero-order chi connectivity index (χ0) is 17.4. The van der Waals surface area contributed by atoms with Crippen molar-refractivity contribution >= 4 is 50.6 Å². The number of nitrogens with one attached hydrogen (secondary N) is 1. The van der Waals surface area contributed by atoms with Crippen molar-refractivity contribution in [2.75, 3.05) is 11.1 Å². The summed E-state index contributed by atoms with van der Waals surface area (Å²) >= 11 is 6.88. The number of hydrogen-bond acceptors (Lipinski definition) is 3. The maximum absolute atomic E-state index is 13.3. The van der Waals surface area contributed by atoms with Gasteiger partial charge in [0.1, 0.15) is 10.8 Å². The van der Waals surface area contributed by atoms with Gasteiger partial charge in [-0.15, -0.1) is 11.3 Å². The number of thioether (sulfide) groups is 1. The molecule has 0 unspecified atom stereocenters. The highest BCUT2D eigenvalue weighted by Crippen LogP contribution is 2.39. The van der Waals surface area contributed by atoms with E-state index in [0.717, 1.165) is 34.1 Å². The molecule has 0 radical (unpaired) electrons. The van der Waals surface area contributed by atoms with Gasteiger partial charge in [-0.2, -0.15) is 11.8 Å². The number of aromatic nitrogens is 1. The molecule has 0 spiro atoms. The summed E-state index contributed by atoms with van der Waals surface area (Å²) in [6, 6.07) is 8.16. The van der Waals surface area contributed by atoms with Gasteiger partial charge < -0.3 is 9.88 Å². The molecular formula is C18H14BrFN2OS2. The molecule has 7 heteroatoms. The molecule has 0 bridgehead atoms. The van der Waals surface area contributed by atoms with Crippen molar-refractivity contribution in [1.82, 2.24) is 4.57 Å². The summed E-state index contributed by atoms with van der Waals surface area (Å²) in [4.78, 5) is 14.3. The molecule has 0 fully saturated rings. The predicted molar refractivity (Wildman–Crippen MR) is 106 cm³/mol. The molecule has 1 aliphatic rings. The van der Waals surface area contributed by atoms with E-state index < -0.39 is 0 Å². The Hall–Kier alpha value is -1.57. The van der Waals surface area contributed by atoms with E-state index in [-0.39, 0.29) is 11.7 Å². The molecule has 0 atom stereocenters. The Kier molecular flexibility index (Phi) is 4.71. The summed E-state index contributed by atoms with van der Waals surface area (Å²) in [7, 11) is 0. The van der Waals surface area contributed by atoms with Crippen molar-refractivity contribution in [1.29, 1.82) is 0 Å². The Balaban J connectivity index is 1.75. The van der Waals surface area contributed by atoms with E-state index in [4.69, 9.17) is 0 Å². The minimum atomic E-state index is -0.345. The van der Waals surface area contributed by atoms with Crippen LogP contribution in [0.3, 0.4) is 0 Å². The van der Waals surface area contributed by atoms with Crippen LogP contribution in [0, 0.1) is 5.82 Å². The number of rotatable bonds is 3. The number of fused-ring (bicyclic) bond motifs is 1. The average molecular weight is 437 g/mol. The summed E-state index contributed by atoms with van der Waals surface area (Å²) < 4.78 is 15.8. The average Bonchev–Trinajstić information content (AvgIpc) is 3.24. The monoisotopic (exact) mass is 436 g/mol. The quantitative estimate of drug-likeness (QED) is 0.589. The number of halogens is 2. The second-order valence-corrected chi connectivity index (χ2v) is 8.70. The number of anilines is 1. The number of nitrogens with zero attached hydrogens (tertiary/aromatic N) is 1. The summed E-state index contributed by atoms with van der Waals surface area (Å²) in [5.74, 6) is 1.47. The lowest BCUT2D eigenvalue weighted by molar-refractivity contribution is 0.102. The Labute approximate surface area is 161 Å². The van der Waals surface area contributed by atoms with Gasteiger partial charge in [0.2, 0.25) is 0 Å². The third-order valence-electron chi connectivity index (χ3n) is 4.05. The van der Waals surface area contributed by atoms with Crippen molar-refractivity contribution in [3.63, 3.8) is 0 Å². The number of benzene rings is 1. The third-order valence-corrected chi connectivity index (χ3v) is 7.12. The summed E-state index contributed by atoms with van der Waals surface area (Å²) in [6.45, 7) is 0. The van der Waals surface area contributed by atoms with Crippen molar-refractivity contribution < 1.29 is 9.18 Å². The first-order valence-electron chi connectivity index (χ1n) is 7.75. The Bertz CT molecular complexity index is 937. The van der Waals surface area contributed by atoms with Crippen LogP contribution in [0.2, 0.25) is 0 Å². The fourth-order valence-electron chi connectivity index (χ4n) is 2.88. The number of carbonyl (C=O) groups excluding carboxylic acids is 1. The van der Waals surface area contributed by atoms with E-state index in [0.29, 0.717) is 10.2 Å². The number of hydrogen-bond donors (Lipinski definition) is 1. The smallest absolute Gasteiger partial charge is 0.259 e. The maximum Gasteiger partial charge on any atom is 0.259 e. The number of amides is 1. The van der Waals surface area contributed by atoms with E-state index in [2.05, 4.69) is 21.2 Å². The van der Waals surface area contributed by atoms with E-state index in [1.165, 1.54) is 17.0 Å². The summed E-state index contributed by atoms with van der Waals surface area (Å²) in [5.41, 5.74) is 2.44. The molecule has 3 heterocycles. The van der Waals surface area contributed by atoms with Gasteiger partial charge in [0.05, 0.1) is 11.3 Å². The Morgan fingerprint density at radius 2 is 2.08 bits per heavy atom. The van der Waals surface area contributed by atoms with Crippen molar-refractivity contribution in [2.45, 2.75) is 12.2 Å². The van der Waals surface area contributed by atoms with E-state index in [1.54, 1.807) is 17.4 Å². The minimum Gasteiger partial charge on any atom is -0.321 e. The molecule has 3 aromatic rings. The Morgan fingerprint density at radius 1 is 1.28 bits per heavy atom. The van der Waals surface area contributed by atoms with E-state index >= 15 is 0 Å². The van der Waals surface area contributed by atoms with Crippen LogP contribution in [0.25, 0.3) is 5.00 Å². The summed E-state index contributed by atoms with van der Waals surface area (Å²) in [6.07, 6.45) is 4.80. The van der Waals surface area contributed by atoms with E-state index in [1.807, 2.05) is 40.9 Å². The Morgan fingerprint density at radius 3 is 2.84 bits per heavy atom. The normalized spacial score (nSPS) is 13.5. The largest absolute Gasteiger partial charge is 0.321 e. The topological polar surface area (TPSA) is 34.0 Å². The SMILES string of the molecule is O=C(Nc1ccc(F)cc1Br)c1c(-n2cccc2)sc2c1CCSC2. The van der Waals surface area contributed by atoms with Crippen LogP contribution in [0.1, 0.15) is 20.8 Å². The van der Waals surface area contributed by atoms with Crippen LogP contribution < -0.4 is 5.32 Å². The fourth-order valence-corrected chi connectivity index (χ4v) is 5.77. The van der Waals surface area contributed by atoms with Crippen LogP contribution in [0.4, 0.5) is 10.1 Å². The van der Waals surface area contributed by atoms with Gasteiger partial charge in [-0.3, -0.25) is 4.79 Å². The highest BCUT2D eigenvalue weighted by Gasteiger charge is 2.26. The van der Waals surface area contributed by atoms with Crippen LogP contribution in [-0.4, -0.2) is 16.2 Å². The van der Waals surface area contributed by atoms with Gasteiger partial charge in [-0.25, -0.2) is 4.39 Å². The molecular weight excluding hydrogens is 423 g/mol. The van der Waals surface area contributed by atoms with Gasteiger partial charge >= 0.3 is 0 Å². The van der Waals surface area contributed by atoms with Gasteiger partial charge in [0.15, 0.2) is 0 Å². The van der Waals surface area contributed by atoms with Crippen LogP contribution in [0.5, 0.6) is 0 Å². The first-order valence-corrected chi connectivity index (χ1v) is 10.5. The number of carbonyl (C=O) groups is 1. The molecule has 1 aliphatic heterocycles. The molecule has 4 rings (SSSR count). The molecule has 1 N–H and O–H groups in total. The highest BCUT2D eigenvalue weighted by molar-refractivity contribution is 9.10. The first-order chi connectivity index (χ1) is 12.1. The van der Waals surface area contributed by atoms with Crippen LogP contribution >= 0.6 is 39.0 Å². The van der Waals surface area contributed by atoms with Crippen molar-refractivity contribution in [3.05, 3.63) is 69.0 Å². The lowest BCUT2D eigenvalue weighted by Gasteiger charge is -2.14. The molecule has 3 nitrogen and oxygen atoms in total. The lowest BCUT2D eigenvalue weighted by atomic mass is 10.1. The zero-order valence-electron chi connectivity index (χ0n) is 13.1. The summed E-state index contributed by atoms with van der Waals surface area (Å²) in [5, 5.41) is 3.86. The second kappa shape index (κ2) is 6.97. The van der Waals surface area contributed by atoms with E-state index in [9.17, 15) is 9.18 Å². The zero-order valence-corrected chi connectivity index (χ0v) is 16.3. The molecule has 128 valence electrons. The second-order valence-electron chi connectivity index (χ2n) is 5.66. The van der Waals surface area contributed by atoms with Crippen molar-refractivity contribution in [3.8, 4) is 5.00 Å². The molecule has 0 aliphatic carbocycles. The third kappa shape index (κ3) is 3.28. The molecule has 1 amide bonds. The van der Waals surface area contributed by atoms with Crippen molar-refractivity contribution in [2.24, 2.45) is 0 Å². The minimum absolute atomic E-state index is 0.152. The molecule has 0 saturated heterocycles. The van der Waals surface area contributed by atoms with Gasteiger partial charge in [-0.05, 0) is 64.0 Å². The van der Waals surface area contributed by atoms with Gasteiger partial charge in [0.25, 0.3) is 5.91 Å². The first kappa shape index (κ1) is 16.9. The van der Waals surface area contributed by atoms with Crippen LogP contribution in [0.15, 0.2) is 47.2 Å². The fraction of sp³-hybridized carbons (Fsp3) is 0.167. The highest BCUT2D eigenvalue weighted by atomic mass is 79.9. The number of thiophene rings is 1. The molecule has 25 heavy (non-hydrogen) atoms. The predicted octanol–water partition coefficient (Wildman–Crippen LogP) is 5.48. The maximum atomic E-state index is 13.3. The van der Waals surface area contributed by atoms with Gasteiger partial charge in [-0.1, -0.05) is 0 Å².